The minimum atomic E-state index is -1.04. The van der Waals surface area contributed by atoms with Crippen LogP contribution in [0.25, 0.3) is 10.9 Å². The van der Waals surface area contributed by atoms with Crippen LogP contribution < -0.4 is 15.0 Å². The van der Waals surface area contributed by atoms with Crippen LogP contribution in [0, 0.1) is 11.8 Å². The van der Waals surface area contributed by atoms with Crippen LogP contribution in [-0.2, 0) is 11.3 Å². The van der Waals surface area contributed by atoms with Crippen molar-refractivity contribution < 1.29 is 19.4 Å². The Morgan fingerprint density at radius 3 is 2.45 bits per heavy atom. The van der Waals surface area contributed by atoms with Crippen molar-refractivity contribution in [3.63, 3.8) is 0 Å². The summed E-state index contributed by atoms with van der Waals surface area (Å²) in [4.78, 5) is 31.6. The van der Waals surface area contributed by atoms with Gasteiger partial charge in [-0.05, 0) is 31.2 Å². The molecule has 29 heavy (non-hydrogen) atoms. The Morgan fingerprint density at radius 1 is 1.24 bits per heavy atom. The predicted molar refractivity (Wildman–Crippen MR) is 107 cm³/mol. The van der Waals surface area contributed by atoms with E-state index in [0.29, 0.717) is 54.3 Å². The first kappa shape index (κ1) is 19.7. The van der Waals surface area contributed by atoms with Crippen LogP contribution in [0.2, 0.25) is 0 Å². The Hall–Kier alpha value is -2.61. The minimum absolute atomic E-state index is 0.144. The Morgan fingerprint density at radius 2 is 1.86 bits per heavy atom. The van der Waals surface area contributed by atoms with E-state index < -0.39 is 5.60 Å². The average Bonchev–Trinajstić information content (AvgIpc) is 3.46. The third-order valence-electron chi connectivity index (χ3n) is 6.23. The van der Waals surface area contributed by atoms with Crippen molar-refractivity contribution in [2.24, 2.45) is 11.8 Å². The number of fused-ring (bicyclic) bond motifs is 1. The second-order valence-electron chi connectivity index (χ2n) is 8.27. The molecular formula is C21H27N3O5. The first-order valence-electron chi connectivity index (χ1n) is 9.97. The standard InChI is InChI=1S/C21H27N3O5/c1-13-8-14(13)19(25)23-6-4-21(27,5-7-23)11-24-12-22-16-10-18(29-3)17(28-2)9-15(16)20(24)26/h9-10,12-14,27H,4-8,11H2,1-3H3. The van der Waals surface area contributed by atoms with Crippen LogP contribution in [0.1, 0.15) is 26.2 Å². The zero-order valence-corrected chi connectivity index (χ0v) is 17.1. The largest absolute Gasteiger partial charge is 0.493 e. The van der Waals surface area contributed by atoms with Gasteiger partial charge in [-0.2, -0.15) is 0 Å². The van der Waals surface area contributed by atoms with E-state index in [-0.39, 0.29) is 23.9 Å². The number of hydrogen-bond acceptors (Lipinski definition) is 6. The number of nitrogens with zero attached hydrogens (tertiary/aromatic N) is 3. The van der Waals surface area contributed by atoms with Crippen molar-refractivity contribution in [1.82, 2.24) is 14.5 Å². The summed E-state index contributed by atoms with van der Waals surface area (Å²) in [5.74, 6) is 1.79. The van der Waals surface area contributed by atoms with Gasteiger partial charge in [0, 0.05) is 25.1 Å². The molecule has 0 spiro atoms. The van der Waals surface area contributed by atoms with Crippen LogP contribution >= 0.6 is 0 Å². The summed E-state index contributed by atoms with van der Waals surface area (Å²) in [6, 6.07) is 3.28. The van der Waals surface area contributed by atoms with E-state index >= 15 is 0 Å². The molecule has 2 aromatic rings. The normalized spacial score (nSPS) is 23.1. The predicted octanol–water partition coefficient (Wildman–Crippen LogP) is 1.42. The highest BCUT2D eigenvalue weighted by molar-refractivity contribution is 5.82. The summed E-state index contributed by atoms with van der Waals surface area (Å²) in [6.07, 6.45) is 3.30. The van der Waals surface area contributed by atoms with Gasteiger partial charge in [-0.1, -0.05) is 6.92 Å². The van der Waals surface area contributed by atoms with Crippen molar-refractivity contribution in [2.45, 2.75) is 38.3 Å². The van der Waals surface area contributed by atoms with Crippen molar-refractivity contribution in [2.75, 3.05) is 27.3 Å². The highest BCUT2D eigenvalue weighted by atomic mass is 16.5. The monoisotopic (exact) mass is 401 g/mol. The molecule has 2 unspecified atom stereocenters. The fourth-order valence-electron chi connectivity index (χ4n) is 4.12. The van der Waals surface area contributed by atoms with Crippen molar-refractivity contribution in [1.29, 1.82) is 0 Å². The van der Waals surface area contributed by atoms with Gasteiger partial charge in [0.2, 0.25) is 5.91 Å². The van der Waals surface area contributed by atoms with Gasteiger partial charge in [0.05, 0.1) is 43.6 Å². The molecule has 8 nitrogen and oxygen atoms in total. The second kappa shape index (κ2) is 7.33. The van der Waals surface area contributed by atoms with Gasteiger partial charge in [-0.25, -0.2) is 4.98 Å². The smallest absolute Gasteiger partial charge is 0.261 e. The van der Waals surface area contributed by atoms with E-state index in [2.05, 4.69) is 11.9 Å². The maximum atomic E-state index is 13.0. The number of aliphatic hydroxyl groups is 1. The summed E-state index contributed by atoms with van der Waals surface area (Å²) >= 11 is 0. The molecule has 1 amide bonds. The minimum Gasteiger partial charge on any atom is -0.493 e. The van der Waals surface area contributed by atoms with Crippen molar-refractivity contribution in [3.8, 4) is 11.5 Å². The molecule has 2 aliphatic rings. The quantitative estimate of drug-likeness (QED) is 0.815. The van der Waals surface area contributed by atoms with Gasteiger partial charge >= 0.3 is 0 Å². The number of aromatic nitrogens is 2. The second-order valence-corrected chi connectivity index (χ2v) is 8.27. The van der Waals surface area contributed by atoms with Crippen molar-refractivity contribution >= 4 is 16.8 Å². The molecule has 0 radical (unpaired) electrons. The molecule has 1 N–H and O–H groups in total. The zero-order valence-electron chi connectivity index (χ0n) is 17.1. The van der Waals surface area contributed by atoms with Gasteiger partial charge < -0.3 is 19.5 Å². The van der Waals surface area contributed by atoms with E-state index in [1.807, 2.05) is 4.90 Å². The summed E-state index contributed by atoms with van der Waals surface area (Å²) in [5, 5.41) is 11.4. The Kier molecular flexibility index (Phi) is 4.98. The molecule has 2 fully saturated rings. The Bertz CT molecular complexity index is 994. The lowest BCUT2D eigenvalue weighted by molar-refractivity contribution is -0.137. The van der Waals surface area contributed by atoms with Gasteiger partial charge in [-0.3, -0.25) is 14.2 Å². The highest BCUT2D eigenvalue weighted by Crippen LogP contribution is 2.40. The summed E-state index contributed by atoms with van der Waals surface area (Å²) in [7, 11) is 3.04. The number of likely N-dealkylation sites (tertiary alicyclic amines) is 1. The maximum Gasteiger partial charge on any atom is 0.261 e. The third-order valence-corrected chi connectivity index (χ3v) is 6.23. The zero-order chi connectivity index (χ0) is 20.8. The van der Waals surface area contributed by atoms with E-state index in [1.54, 1.807) is 12.1 Å². The van der Waals surface area contributed by atoms with Crippen LogP contribution in [0.5, 0.6) is 11.5 Å². The van der Waals surface area contributed by atoms with Gasteiger partial charge in [0.15, 0.2) is 11.5 Å². The SMILES string of the molecule is COc1cc2ncn(CC3(O)CCN(C(=O)C4CC4C)CC3)c(=O)c2cc1OC. The first-order valence-corrected chi connectivity index (χ1v) is 9.97. The van der Waals surface area contributed by atoms with Gasteiger partial charge in [0.1, 0.15) is 0 Å². The average molecular weight is 401 g/mol. The number of rotatable bonds is 5. The van der Waals surface area contributed by atoms with E-state index in [1.165, 1.54) is 25.1 Å². The molecule has 1 saturated heterocycles. The van der Waals surface area contributed by atoms with E-state index in [0.717, 1.165) is 6.42 Å². The highest BCUT2D eigenvalue weighted by Gasteiger charge is 2.43. The molecule has 1 aromatic carbocycles. The number of piperidine rings is 1. The molecule has 2 atom stereocenters. The topological polar surface area (TPSA) is 93.9 Å². The lowest BCUT2D eigenvalue weighted by Gasteiger charge is -2.38. The molecule has 1 aliphatic carbocycles. The number of ether oxygens (including phenoxy) is 2. The molecule has 0 bridgehead atoms. The summed E-state index contributed by atoms with van der Waals surface area (Å²) in [5.41, 5.74) is -0.772. The fraction of sp³-hybridized carbons (Fsp3) is 0.571. The fourth-order valence-corrected chi connectivity index (χ4v) is 4.12. The number of amides is 1. The van der Waals surface area contributed by atoms with Crippen LogP contribution in [0.15, 0.2) is 23.3 Å². The number of hydrogen-bond donors (Lipinski definition) is 1. The van der Waals surface area contributed by atoms with E-state index in [4.69, 9.17) is 9.47 Å². The van der Waals surface area contributed by atoms with Crippen LogP contribution in [0.4, 0.5) is 0 Å². The number of carbonyl (C=O) groups is 1. The molecule has 1 aliphatic heterocycles. The molecule has 156 valence electrons. The lowest BCUT2D eigenvalue weighted by Crippen LogP contribution is -2.50. The summed E-state index contributed by atoms with van der Waals surface area (Å²) in [6.45, 7) is 3.26. The summed E-state index contributed by atoms with van der Waals surface area (Å²) < 4.78 is 12.0. The molecule has 4 rings (SSSR count). The Labute approximate surface area is 169 Å². The maximum absolute atomic E-state index is 13.0. The lowest BCUT2D eigenvalue weighted by atomic mass is 9.91. The number of benzene rings is 1. The molecule has 1 aromatic heterocycles. The molecule has 1 saturated carbocycles. The number of carbonyl (C=O) groups excluding carboxylic acids is 1. The molecular weight excluding hydrogens is 374 g/mol. The van der Waals surface area contributed by atoms with Gasteiger partial charge in [0.25, 0.3) is 5.56 Å². The van der Waals surface area contributed by atoms with Crippen molar-refractivity contribution in [3.05, 3.63) is 28.8 Å². The van der Waals surface area contributed by atoms with Gasteiger partial charge in [-0.15, -0.1) is 0 Å². The molecule has 8 heteroatoms. The number of methoxy groups -OCH3 is 2. The molecule has 2 heterocycles. The van der Waals surface area contributed by atoms with Crippen LogP contribution in [0.3, 0.4) is 0 Å². The van der Waals surface area contributed by atoms with E-state index in [9.17, 15) is 14.7 Å². The Balaban J connectivity index is 1.52. The third kappa shape index (κ3) is 3.69. The van der Waals surface area contributed by atoms with Crippen LogP contribution in [-0.4, -0.2) is 58.4 Å². The first-order chi connectivity index (χ1) is 13.8.